The molecule has 164 valence electrons. The van der Waals surface area contributed by atoms with Crippen LogP contribution in [0, 0.1) is 11.8 Å². The van der Waals surface area contributed by atoms with Gasteiger partial charge < -0.3 is 25.2 Å². The molecule has 0 saturated carbocycles. The van der Waals surface area contributed by atoms with Crippen LogP contribution in [0.25, 0.3) is 0 Å². The van der Waals surface area contributed by atoms with Gasteiger partial charge in [-0.2, -0.15) is 0 Å². The van der Waals surface area contributed by atoms with Gasteiger partial charge in [-0.05, 0) is 62.3 Å². The highest BCUT2D eigenvalue weighted by Gasteiger charge is 2.47. The number of carboxylic acids is 1. The smallest absolute Gasteiger partial charge is 0.303 e. The number of rotatable bonds is 12. The van der Waals surface area contributed by atoms with Crippen LogP contribution >= 0.6 is 0 Å². The van der Waals surface area contributed by atoms with Crippen LogP contribution in [0.3, 0.4) is 0 Å². The van der Waals surface area contributed by atoms with Crippen molar-refractivity contribution in [3.63, 3.8) is 0 Å². The molecule has 1 amide bonds. The minimum absolute atomic E-state index is 0.0310. The van der Waals surface area contributed by atoms with Gasteiger partial charge in [0.15, 0.2) is 0 Å². The van der Waals surface area contributed by atoms with Crippen molar-refractivity contribution in [1.82, 2.24) is 5.32 Å². The van der Waals surface area contributed by atoms with Crippen LogP contribution in [-0.4, -0.2) is 49.4 Å². The van der Waals surface area contributed by atoms with Crippen molar-refractivity contribution in [2.45, 2.75) is 50.7 Å². The van der Waals surface area contributed by atoms with Gasteiger partial charge in [0.1, 0.15) is 5.75 Å². The van der Waals surface area contributed by atoms with E-state index in [1.165, 1.54) is 0 Å². The van der Waals surface area contributed by atoms with Crippen molar-refractivity contribution < 1.29 is 24.2 Å². The molecule has 2 aliphatic heterocycles. The first-order chi connectivity index (χ1) is 14.6. The average Bonchev–Trinajstić information content (AvgIpc) is 3.35. The minimum atomic E-state index is -0.748. The molecule has 2 aliphatic rings. The predicted octanol–water partition coefficient (Wildman–Crippen LogP) is 3.22. The summed E-state index contributed by atoms with van der Waals surface area (Å²) in [6.45, 7) is 0.851. The van der Waals surface area contributed by atoms with Gasteiger partial charge in [0.25, 0.3) is 0 Å². The Morgan fingerprint density at radius 3 is 2.60 bits per heavy atom. The number of hydrogen-bond donors (Lipinski definition) is 3. The maximum absolute atomic E-state index is 12.3. The zero-order valence-electron chi connectivity index (χ0n) is 17.5. The number of methoxy groups -OCH3 is 1. The largest absolute Gasteiger partial charge is 0.497 e. The van der Waals surface area contributed by atoms with Gasteiger partial charge in [0, 0.05) is 24.6 Å². The molecule has 1 aromatic rings. The van der Waals surface area contributed by atoms with E-state index in [9.17, 15) is 9.59 Å². The van der Waals surface area contributed by atoms with E-state index in [0.29, 0.717) is 24.8 Å². The van der Waals surface area contributed by atoms with Crippen molar-refractivity contribution in [1.29, 1.82) is 0 Å². The third kappa shape index (κ3) is 6.23. The summed E-state index contributed by atoms with van der Waals surface area (Å²) in [5, 5.41) is 14.9. The third-order valence-corrected chi connectivity index (χ3v) is 6.00. The molecule has 0 aliphatic carbocycles. The van der Waals surface area contributed by atoms with E-state index in [4.69, 9.17) is 14.6 Å². The number of unbranched alkanes of at least 4 members (excludes halogenated alkanes) is 1. The Balaban J connectivity index is 1.40. The maximum Gasteiger partial charge on any atom is 0.303 e. The van der Waals surface area contributed by atoms with Crippen LogP contribution in [0.5, 0.6) is 5.75 Å². The molecule has 3 rings (SSSR count). The van der Waals surface area contributed by atoms with Crippen LogP contribution in [-0.2, 0) is 14.3 Å². The molecule has 0 radical (unpaired) electrons. The fourth-order valence-electron chi connectivity index (χ4n) is 4.41. The van der Waals surface area contributed by atoms with E-state index < -0.39 is 5.97 Å². The van der Waals surface area contributed by atoms with Crippen molar-refractivity contribution in [2.75, 3.05) is 25.5 Å². The molecule has 0 spiro atoms. The van der Waals surface area contributed by atoms with E-state index in [-0.39, 0.29) is 31.1 Å². The molecule has 7 heteroatoms. The van der Waals surface area contributed by atoms with Crippen molar-refractivity contribution in [3.8, 4) is 5.75 Å². The van der Waals surface area contributed by atoms with Gasteiger partial charge in [-0.15, -0.1) is 0 Å². The number of carbonyl (C=O) groups is 2. The normalized spacial score (nSPS) is 24.8. The highest BCUT2D eigenvalue weighted by Crippen LogP contribution is 2.44. The van der Waals surface area contributed by atoms with E-state index >= 15 is 0 Å². The Bertz CT molecular complexity index is 734. The molecule has 1 unspecified atom stereocenters. The lowest BCUT2D eigenvalue weighted by Gasteiger charge is -2.27. The summed E-state index contributed by atoms with van der Waals surface area (Å²) in [6.07, 6.45) is 9.46. The second kappa shape index (κ2) is 11.0. The van der Waals surface area contributed by atoms with Crippen molar-refractivity contribution in [3.05, 3.63) is 36.4 Å². The first-order valence-electron chi connectivity index (χ1n) is 10.7. The SMILES string of the molecule is COc1ccc(NCC(=O)NCC2[C@@H](C/C=C\CCCC(=O)O)[C@@H]3CC[C@H]2O3)cc1. The first kappa shape index (κ1) is 22.2. The number of fused-ring (bicyclic) bond motifs is 2. The molecule has 30 heavy (non-hydrogen) atoms. The number of ether oxygens (including phenoxy) is 2. The van der Waals surface area contributed by atoms with Gasteiger partial charge in [-0.3, -0.25) is 9.59 Å². The monoisotopic (exact) mass is 416 g/mol. The van der Waals surface area contributed by atoms with E-state index in [2.05, 4.69) is 22.8 Å². The topological polar surface area (TPSA) is 96.9 Å². The molecule has 0 aromatic heterocycles. The zero-order chi connectivity index (χ0) is 21.3. The first-order valence-corrected chi connectivity index (χ1v) is 10.7. The average molecular weight is 417 g/mol. The number of carbonyl (C=O) groups excluding carboxylic acids is 1. The maximum atomic E-state index is 12.3. The Morgan fingerprint density at radius 1 is 1.17 bits per heavy atom. The summed E-state index contributed by atoms with van der Waals surface area (Å²) in [7, 11) is 1.62. The number of amides is 1. The molecule has 2 bridgehead atoms. The Morgan fingerprint density at radius 2 is 1.90 bits per heavy atom. The highest BCUT2D eigenvalue weighted by atomic mass is 16.5. The van der Waals surface area contributed by atoms with Crippen LogP contribution in [0.2, 0.25) is 0 Å². The number of carboxylic acid groups (broad SMARTS) is 1. The van der Waals surface area contributed by atoms with Crippen molar-refractivity contribution in [2.24, 2.45) is 11.8 Å². The molecular weight excluding hydrogens is 384 g/mol. The molecule has 2 saturated heterocycles. The summed E-state index contributed by atoms with van der Waals surface area (Å²) in [6, 6.07) is 7.47. The molecule has 7 nitrogen and oxygen atoms in total. The second-order valence-electron chi connectivity index (χ2n) is 8.00. The molecule has 4 atom stereocenters. The standard InChI is InChI=1S/C23H32N2O5/c1-29-17-10-8-16(9-11-17)24-15-22(26)25-14-19-18(20-12-13-21(19)30-20)6-4-2-3-5-7-23(27)28/h2,4,8-11,18-21,24H,3,5-7,12-15H2,1H3,(H,25,26)(H,27,28)/b4-2-/t18-,19?,20+,21-/m1/s1. The summed E-state index contributed by atoms with van der Waals surface area (Å²) >= 11 is 0. The summed E-state index contributed by atoms with van der Waals surface area (Å²) in [5.41, 5.74) is 0.875. The quantitative estimate of drug-likeness (QED) is 0.358. The molecule has 1 aromatic carbocycles. The molecule has 2 heterocycles. The van der Waals surface area contributed by atoms with E-state index in [1.807, 2.05) is 24.3 Å². The summed E-state index contributed by atoms with van der Waals surface area (Å²) < 4.78 is 11.2. The lowest BCUT2D eigenvalue weighted by molar-refractivity contribution is -0.137. The molecule has 3 N–H and O–H groups in total. The number of anilines is 1. The van der Waals surface area contributed by atoms with Gasteiger partial charge >= 0.3 is 5.97 Å². The fourth-order valence-corrected chi connectivity index (χ4v) is 4.41. The van der Waals surface area contributed by atoms with Crippen LogP contribution in [0.15, 0.2) is 36.4 Å². The van der Waals surface area contributed by atoms with Gasteiger partial charge in [0.2, 0.25) is 5.91 Å². The molecule has 2 fully saturated rings. The number of allylic oxidation sites excluding steroid dienone is 2. The Labute approximate surface area is 177 Å². The minimum Gasteiger partial charge on any atom is -0.497 e. The summed E-state index contributed by atoms with van der Waals surface area (Å²) in [4.78, 5) is 22.9. The molecular formula is C23H32N2O5. The van der Waals surface area contributed by atoms with Crippen LogP contribution < -0.4 is 15.4 Å². The fraction of sp³-hybridized carbons (Fsp3) is 0.565. The summed E-state index contributed by atoms with van der Waals surface area (Å²) in [5.74, 6) is 0.744. The number of aliphatic carboxylic acids is 1. The van der Waals surface area contributed by atoms with Gasteiger partial charge in [0.05, 0.1) is 25.9 Å². The third-order valence-electron chi connectivity index (χ3n) is 6.00. The van der Waals surface area contributed by atoms with E-state index in [0.717, 1.165) is 37.1 Å². The lowest BCUT2D eigenvalue weighted by Crippen LogP contribution is -2.40. The number of hydrogen-bond acceptors (Lipinski definition) is 5. The number of benzene rings is 1. The van der Waals surface area contributed by atoms with Crippen LogP contribution in [0.4, 0.5) is 5.69 Å². The number of nitrogens with one attached hydrogen (secondary N) is 2. The van der Waals surface area contributed by atoms with Crippen LogP contribution in [0.1, 0.15) is 38.5 Å². The zero-order valence-corrected chi connectivity index (χ0v) is 17.5. The van der Waals surface area contributed by atoms with Gasteiger partial charge in [-0.1, -0.05) is 12.2 Å². The van der Waals surface area contributed by atoms with Gasteiger partial charge in [-0.25, -0.2) is 0 Å². The highest BCUT2D eigenvalue weighted by molar-refractivity contribution is 5.80. The van der Waals surface area contributed by atoms with E-state index in [1.54, 1.807) is 7.11 Å². The van der Waals surface area contributed by atoms with Crippen molar-refractivity contribution >= 4 is 17.6 Å². The Hall–Kier alpha value is -2.54. The predicted molar refractivity (Wildman–Crippen MR) is 115 cm³/mol. The second-order valence-corrected chi connectivity index (χ2v) is 8.00. The lowest BCUT2D eigenvalue weighted by atomic mass is 9.77. The Kier molecular flexibility index (Phi) is 8.13.